The first-order chi connectivity index (χ1) is 13.4. The molecule has 28 heavy (non-hydrogen) atoms. The highest BCUT2D eigenvalue weighted by molar-refractivity contribution is 5.84. The summed E-state index contributed by atoms with van der Waals surface area (Å²) in [6.07, 6.45) is 0.877. The van der Waals surface area contributed by atoms with E-state index in [2.05, 4.69) is 25.8 Å². The van der Waals surface area contributed by atoms with Crippen LogP contribution >= 0.6 is 0 Å². The van der Waals surface area contributed by atoms with Gasteiger partial charge in [-0.05, 0) is 34.2 Å². The Morgan fingerprint density at radius 1 is 0.821 bits per heavy atom. The van der Waals surface area contributed by atoms with Gasteiger partial charge in [-0.1, -0.05) is 87.5 Å². The van der Waals surface area contributed by atoms with Gasteiger partial charge in [0.1, 0.15) is 17.9 Å². The van der Waals surface area contributed by atoms with Gasteiger partial charge in [0, 0.05) is 11.8 Å². The molecule has 0 saturated carbocycles. The third kappa shape index (κ3) is 4.68. The summed E-state index contributed by atoms with van der Waals surface area (Å²) in [6.45, 7) is 6.39. The van der Waals surface area contributed by atoms with E-state index in [4.69, 9.17) is 0 Å². The number of rotatable bonds is 5. The average molecular weight is 373 g/mol. The van der Waals surface area contributed by atoms with Crippen molar-refractivity contribution in [1.82, 2.24) is 0 Å². The van der Waals surface area contributed by atoms with Crippen LogP contribution in [-0.2, 0) is 5.41 Å². The van der Waals surface area contributed by atoms with Crippen LogP contribution in [0.15, 0.2) is 83.9 Å². The average Bonchev–Trinajstić information content (AvgIpc) is 2.70. The lowest BCUT2D eigenvalue weighted by Gasteiger charge is -2.21. The fourth-order valence-corrected chi connectivity index (χ4v) is 3.12. The third-order valence-electron chi connectivity index (χ3n) is 4.85. The van der Waals surface area contributed by atoms with Gasteiger partial charge >= 0.3 is 0 Å². The fourth-order valence-electron chi connectivity index (χ4n) is 3.12. The molecule has 0 amide bonds. The molecule has 0 heterocycles. The lowest BCUT2D eigenvalue weighted by Crippen LogP contribution is -2.12. The van der Waals surface area contributed by atoms with Crippen molar-refractivity contribution in [1.29, 1.82) is 0 Å². The number of aliphatic hydroxyl groups is 1. The lowest BCUT2D eigenvalue weighted by atomic mass is 9.86. The van der Waals surface area contributed by atoms with Crippen molar-refractivity contribution in [2.24, 2.45) is 4.99 Å². The van der Waals surface area contributed by atoms with Crippen LogP contribution < -0.4 is 0 Å². The van der Waals surface area contributed by atoms with Gasteiger partial charge < -0.3 is 10.2 Å². The number of aliphatic hydroxyl groups excluding tert-OH is 1. The largest absolute Gasteiger partial charge is 0.507 e. The quantitative estimate of drug-likeness (QED) is 0.573. The molecule has 0 bridgehead atoms. The predicted octanol–water partition coefficient (Wildman–Crippen LogP) is 5.58. The molecule has 2 atom stereocenters. The van der Waals surface area contributed by atoms with Gasteiger partial charge in [-0.25, -0.2) is 0 Å². The van der Waals surface area contributed by atoms with E-state index in [-0.39, 0.29) is 11.2 Å². The second-order valence-corrected chi connectivity index (χ2v) is 8.01. The zero-order valence-corrected chi connectivity index (χ0v) is 16.6. The first-order valence-corrected chi connectivity index (χ1v) is 9.51. The Kier molecular flexibility index (Phi) is 5.96. The summed E-state index contributed by atoms with van der Waals surface area (Å²) in [5.41, 5.74) is 3.46. The van der Waals surface area contributed by atoms with E-state index in [0.29, 0.717) is 5.56 Å². The molecule has 3 aromatic carbocycles. The maximum Gasteiger partial charge on any atom is 0.124 e. The first-order valence-electron chi connectivity index (χ1n) is 9.51. The molecule has 0 radical (unpaired) electrons. The van der Waals surface area contributed by atoms with Crippen LogP contribution in [0, 0.1) is 0 Å². The third-order valence-corrected chi connectivity index (χ3v) is 4.85. The van der Waals surface area contributed by atoms with E-state index in [1.54, 1.807) is 12.3 Å². The molecule has 3 nitrogen and oxygen atoms in total. The molecule has 0 aliphatic rings. The molecule has 0 spiro atoms. The molecule has 0 aliphatic heterocycles. The van der Waals surface area contributed by atoms with E-state index in [1.165, 1.54) is 0 Å². The van der Waals surface area contributed by atoms with Gasteiger partial charge in [-0.2, -0.15) is 0 Å². The molecule has 0 saturated heterocycles. The molecule has 0 aromatic heterocycles. The Hall–Kier alpha value is -2.91. The van der Waals surface area contributed by atoms with Crippen molar-refractivity contribution in [3.63, 3.8) is 0 Å². The molecule has 3 heteroatoms. The van der Waals surface area contributed by atoms with Gasteiger partial charge in [0.05, 0.1) is 0 Å². The Bertz CT molecular complexity index is 928. The molecule has 0 unspecified atom stereocenters. The highest BCUT2D eigenvalue weighted by Gasteiger charge is 2.22. The molecule has 3 rings (SSSR count). The van der Waals surface area contributed by atoms with Crippen LogP contribution in [-0.4, -0.2) is 16.4 Å². The summed E-state index contributed by atoms with van der Waals surface area (Å²) in [6, 6.07) is 24.4. The van der Waals surface area contributed by atoms with Crippen LogP contribution in [0.25, 0.3) is 0 Å². The van der Waals surface area contributed by atoms with E-state index < -0.39 is 12.1 Å². The predicted molar refractivity (Wildman–Crippen MR) is 115 cm³/mol. The molecule has 3 aromatic rings. The van der Waals surface area contributed by atoms with Gasteiger partial charge in [0.15, 0.2) is 0 Å². The number of hydrogen-bond acceptors (Lipinski definition) is 3. The minimum absolute atomic E-state index is 0.0291. The minimum Gasteiger partial charge on any atom is -0.507 e. The zero-order valence-electron chi connectivity index (χ0n) is 16.6. The monoisotopic (exact) mass is 373 g/mol. The van der Waals surface area contributed by atoms with E-state index >= 15 is 0 Å². The molecule has 144 valence electrons. The van der Waals surface area contributed by atoms with Crippen molar-refractivity contribution >= 4 is 6.21 Å². The number of aromatic hydroxyl groups is 1. The second-order valence-electron chi connectivity index (χ2n) is 8.01. The van der Waals surface area contributed by atoms with Gasteiger partial charge in [-0.3, -0.25) is 4.99 Å². The number of phenolic OH excluding ortho intramolecular Hbond substituents is 1. The molecular formula is C25H27NO2. The molecule has 2 N–H and O–H groups in total. The van der Waals surface area contributed by atoms with Crippen molar-refractivity contribution < 1.29 is 10.2 Å². The number of nitrogens with zero attached hydrogens (tertiary/aromatic N) is 1. The highest BCUT2D eigenvalue weighted by atomic mass is 16.3. The van der Waals surface area contributed by atoms with Crippen LogP contribution in [0.1, 0.15) is 55.2 Å². The summed E-state index contributed by atoms with van der Waals surface area (Å²) in [5, 5.41) is 21.3. The van der Waals surface area contributed by atoms with Crippen LogP contribution in [0.4, 0.5) is 0 Å². The number of benzene rings is 3. The lowest BCUT2D eigenvalue weighted by molar-refractivity contribution is 0.148. The van der Waals surface area contributed by atoms with Crippen molar-refractivity contribution in [2.75, 3.05) is 0 Å². The zero-order chi connectivity index (χ0) is 20.1. The van der Waals surface area contributed by atoms with Crippen LogP contribution in [0.3, 0.4) is 0 Å². The summed E-state index contributed by atoms with van der Waals surface area (Å²) < 4.78 is 0. The summed E-state index contributed by atoms with van der Waals surface area (Å²) in [4.78, 5) is 4.69. The second kappa shape index (κ2) is 8.41. The fraction of sp³-hybridized carbons (Fsp3) is 0.240. The maximum atomic E-state index is 11.0. The van der Waals surface area contributed by atoms with Gasteiger partial charge in [0.2, 0.25) is 0 Å². The highest BCUT2D eigenvalue weighted by Crippen LogP contribution is 2.33. The molecule has 0 fully saturated rings. The van der Waals surface area contributed by atoms with E-state index in [9.17, 15) is 10.2 Å². The van der Waals surface area contributed by atoms with Crippen LogP contribution in [0.5, 0.6) is 5.75 Å². The summed E-state index contributed by atoms with van der Waals surface area (Å²) >= 11 is 0. The van der Waals surface area contributed by atoms with Crippen molar-refractivity contribution in [3.8, 4) is 5.75 Å². The standard InChI is InChI=1S/C25H27NO2/c1-25(2,3)21-14-15-22(27)20(16-21)17-26-23(18-10-6-4-7-11-18)24(28)19-12-8-5-9-13-19/h4-17,23-24,27-28H,1-3H3/t23-,24+/m1/s1. The normalized spacial score (nSPS) is 14.1. The smallest absolute Gasteiger partial charge is 0.124 e. The Labute approximate surface area is 167 Å². The van der Waals surface area contributed by atoms with Crippen molar-refractivity contribution in [2.45, 2.75) is 38.3 Å². The Morgan fingerprint density at radius 2 is 1.39 bits per heavy atom. The Morgan fingerprint density at radius 3 is 1.96 bits per heavy atom. The summed E-state index contributed by atoms with van der Waals surface area (Å²) in [5.74, 6) is 0.178. The number of hydrogen-bond donors (Lipinski definition) is 2. The van der Waals surface area contributed by atoms with E-state index in [1.807, 2.05) is 72.8 Å². The first kappa shape index (κ1) is 19.8. The number of phenols is 1. The Balaban J connectivity index is 1.99. The van der Waals surface area contributed by atoms with Crippen molar-refractivity contribution in [3.05, 3.63) is 101 Å². The van der Waals surface area contributed by atoms with E-state index in [0.717, 1.165) is 16.7 Å². The molecule has 0 aliphatic carbocycles. The van der Waals surface area contributed by atoms with Gasteiger partial charge in [-0.15, -0.1) is 0 Å². The summed E-state index contributed by atoms with van der Waals surface area (Å²) in [7, 11) is 0. The minimum atomic E-state index is -0.784. The topological polar surface area (TPSA) is 52.8 Å². The maximum absolute atomic E-state index is 11.0. The SMILES string of the molecule is CC(C)(C)c1ccc(O)c(C=N[C@H](c2ccccc2)[C@@H](O)c2ccccc2)c1. The van der Waals surface area contributed by atoms with Crippen LogP contribution in [0.2, 0.25) is 0 Å². The molecular weight excluding hydrogens is 346 g/mol. The van der Waals surface area contributed by atoms with Gasteiger partial charge in [0.25, 0.3) is 0 Å². The number of aliphatic imine (C=N–C) groups is 1.